The minimum atomic E-state index is -0.142. The monoisotopic (exact) mass is 255 g/mol. The van der Waals surface area contributed by atoms with E-state index in [9.17, 15) is 14.4 Å². The van der Waals surface area contributed by atoms with Crippen LogP contribution in [0.4, 0.5) is 0 Å². The molecule has 6 nitrogen and oxygen atoms in total. The van der Waals surface area contributed by atoms with Crippen LogP contribution in [0.25, 0.3) is 0 Å². The van der Waals surface area contributed by atoms with Gasteiger partial charge in [0.25, 0.3) is 0 Å². The van der Waals surface area contributed by atoms with Gasteiger partial charge in [-0.2, -0.15) is 0 Å². The summed E-state index contributed by atoms with van der Waals surface area (Å²) in [6.45, 7) is 3.64. The van der Waals surface area contributed by atoms with Crippen molar-refractivity contribution in [2.24, 2.45) is 17.6 Å². The lowest BCUT2D eigenvalue weighted by atomic mass is 9.98. The van der Waals surface area contributed by atoms with Crippen molar-refractivity contribution >= 4 is 17.7 Å². The number of carbonyl (C=O) groups is 3. The van der Waals surface area contributed by atoms with Crippen LogP contribution >= 0.6 is 0 Å². The molecule has 0 aromatic carbocycles. The van der Waals surface area contributed by atoms with E-state index in [-0.39, 0.29) is 29.6 Å². The first-order chi connectivity index (χ1) is 8.43. The number of rotatable bonds is 1. The average molecular weight is 255 g/mol. The molecule has 2 fully saturated rings. The topological polar surface area (TPSA) is 92.5 Å². The molecule has 1 atom stereocenters. The maximum atomic E-state index is 10.8. The third kappa shape index (κ3) is 3.80. The van der Waals surface area contributed by atoms with E-state index in [0.717, 1.165) is 25.9 Å². The Morgan fingerprint density at radius 2 is 1.89 bits per heavy atom. The van der Waals surface area contributed by atoms with E-state index in [1.807, 2.05) is 0 Å². The van der Waals surface area contributed by atoms with Crippen molar-refractivity contribution in [3.8, 4) is 0 Å². The van der Waals surface area contributed by atoms with E-state index >= 15 is 0 Å². The SMILES string of the molecule is CC1CC(=O)N(C)C1=O.NC(=O)C1CCNCC1. The molecule has 6 heteroatoms. The highest BCUT2D eigenvalue weighted by Crippen LogP contribution is 2.15. The van der Waals surface area contributed by atoms with E-state index in [1.54, 1.807) is 6.92 Å². The molecule has 0 aromatic heterocycles. The zero-order valence-corrected chi connectivity index (χ0v) is 10.9. The van der Waals surface area contributed by atoms with Crippen molar-refractivity contribution in [3.63, 3.8) is 0 Å². The van der Waals surface area contributed by atoms with Crippen molar-refractivity contribution < 1.29 is 14.4 Å². The first-order valence-electron chi connectivity index (χ1n) is 6.24. The van der Waals surface area contributed by atoms with Crippen LogP contribution in [0.5, 0.6) is 0 Å². The maximum Gasteiger partial charge on any atom is 0.232 e. The molecule has 2 aliphatic heterocycles. The molecule has 3 N–H and O–H groups in total. The molecule has 2 heterocycles. The summed E-state index contributed by atoms with van der Waals surface area (Å²) in [5.74, 6) is -0.224. The van der Waals surface area contributed by atoms with Gasteiger partial charge in [0.05, 0.1) is 0 Å². The predicted molar refractivity (Wildman–Crippen MR) is 66.3 cm³/mol. The zero-order valence-electron chi connectivity index (χ0n) is 10.9. The van der Waals surface area contributed by atoms with Gasteiger partial charge in [0.1, 0.15) is 0 Å². The van der Waals surface area contributed by atoms with Crippen LogP contribution in [-0.4, -0.2) is 42.8 Å². The van der Waals surface area contributed by atoms with Gasteiger partial charge in [-0.3, -0.25) is 19.3 Å². The van der Waals surface area contributed by atoms with Crippen molar-refractivity contribution in [2.75, 3.05) is 20.1 Å². The lowest BCUT2D eigenvalue weighted by Gasteiger charge is -2.18. The molecule has 0 saturated carbocycles. The summed E-state index contributed by atoms with van der Waals surface area (Å²) in [4.78, 5) is 33.3. The van der Waals surface area contributed by atoms with E-state index in [0.29, 0.717) is 6.42 Å². The quantitative estimate of drug-likeness (QED) is 0.617. The molecule has 0 radical (unpaired) electrons. The average Bonchev–Trinajstić information content (AvgIpc) is 2.58. The molecule has 102 valence electrons. The number of carbonyl (C=O) groups excluding carboxylic acids is 3. The Labute approximate surface area is 107 Å². The highest BCUT2D eigenvalue weighted by atomic mass is 16.2. The molecule has 0 bridgehead atoms. The maximum absolute atomic E-state index is 10.8. The molecule has 3 amide bonds. The van der Waals surface area contributed by atoms with Crippen LogP contribution in [0.3, 0.4) is 0 Å². The molecule has 1 unspecified atom stereocenters. The van der Waals surface area contributed by atoms with Crippen LogP contribution in [0.15, 0.2) is 0 Å². The fourth-order valence-corrected chi connectivity index (χ4v) is 2.05. The van der Waals surface area contributed by atoms with E-state index in [2.05, 4.69) is 5.32 Å². The van der Waals surface area contributed by atoms with E-state index < -0.39 is 0 Å². The van der Waals surface area contributed by atoms with Gasteiger partial charge in [0, 0.05) is 25.3 Å². The first-order valence-corrected chi connectivity index (χ1v) is 6.24. The van der Waals surface area contributed by atoms with Gasteiger partial charge in [0.15, 0.2) is 0 Å². The zero-order chi connectivity index (χ0) is 13.7. The van der Waals surface area contributed by atoms with Crippen LogP contribution in [0.2, 0.25) is 0 Å². The van der Waals surface area contributed by atoms with Crippen molar-refractivity contribution in [3.05, 3.63) is 0 Å². The summed E-state index contributed by atoms with van der Waals surface area (Å²) in [6.07, 6.45) is 2.21. The fourth-order valence-electron chi connectivity index (χ4n) is 2.05. The lowest BCUT2D eigenvalue weighted by Crippen LogP contribution is -2.34. The number of hydrogen-bond acceptors (Lipinski definition) is 4. The Hall–Kier alpha value is -1.43. The van der Waals surface area contributed by atoms with Crippen molar-refractivity contribution in [2.45, 2.75) is 26.2 Å². The van der Waals surface area contributed by atoms with Gasteiger partial charge in [-0.15, -0.1) is 0 Å². The molecule has 2 aliphatic rings. The number of nitrogens with two attached hydrogens (primary N) is 1. The molecule has 0 aromatic rings. The second-order valence-corrected chi connectivity index (χ2v) is 4.82. The number of imide groups is 1. The minimum absolute atomic E-state index is 0.0556. The van der Waals surface area contributed by atoms with Gasteiger partial charge >= 0.3 is 0 Å². The smallest absolute Gasteiger partial charge is 0.232 e. The van der Waals surface area contributed by atoms with Crippen LogP contribution < -0.4 is 11.1 Å². The number of hydrogen-bond donors (Lipinski definition) is 2. The largest absolute Gasteiger partial charge is 0.369 e. The Morgan fingerprint density at radius 3 is 2.11 bits per heavy atom. The van der Waals surface area contributed by atoms with Crippen molar-refractivity contribution in [1.82, 2.24) is 10.2 Å². The summed E-state index contributed by atoms with van der Waals surface area (Å²) >= 11 is 0. The van der Waals surface area contributed by atoms with Crippen LogP contribution in [0.1, 0.15) is 26.2 Å². The van der Waals surface area contributed by atoms with Gasteiger partial charge in [0.2, 0.25) is 17.7 Å². The molecular weight excluding hydrogens is 234 g/mol. The summed E-state index contributed by atoms with van der Waals surface area (Å²) < 4.78 is 0. The third-order valence-electron chi connectivity index (χ3n) is 3.35. The molecule has 0 aliphatic carbocycles. The first kappa shape index (κ1) is 14.6. The summed E-state index contributed by atoms with van der Waals surface area (Å²) in [5, 5.41) is 3.16. The van der Waals surface area contributed by atoms with Gasteiger partial charge in [-0.1, -0.05) is 6.92 Å². The third-order valence-corrected chi connectivity index (χ3v) is 3.35. The highest BCUT2D eigenvalue weighted by Gasteiger charge is 2.32. The molecule has 0 spiro atoms. The Morgan fingerprint density at radius 1 is 1.33 bits per heavy atom. The van der Waals surface area contributed by atoms with E-state index in [1.165, 1.54) is 11.9 Å². The fraction of sp³-hybridized carbons (Fsp3) is 0.750. The number of nitrogens with one attached hydrogen (secondary N) is 1. The van der Waals surface area contributed by atoms with Gasteiger partial charge in [-0.25, -0.2) is 0 Å². The van der Waals surface area contributed by atoms with Crippen LogP contribution in [-0.2, 0) is 14.4 Å². The molecule has 2 saturated heterocycles. The number of piperidine rings is 1. The minimum Gasteiger partial charge on any atom is -0.369 e. The standard InChI is InChI=1S/C6H12N2O.C6H9NO2/c7-6(9)5-1-3-8-4-2-5;1-4-3-5(8)7(2)6(4)9/h5,8H,1-4H2,(H2,7,9);4H,3H2,1-2H3. The lowest BCUT2D eigenvalue weighted by molar-refractivity contribution is -0.137. The molecular formula is C12H21N3O3. The normalized spacial score (nSPS) is 24.8. The second kappa shape index (κ2) is 6.49. The summed E-state index contributed by atoms with van der Waals surface area (Å²) in [7, 11) is 1.52. The summed E-state index contributed by atoms with van der Waals surface area (Å²) in [6, 6.07) is 0. The Kier molecular flexibility index (Phi) is 5.27. The Balaban J connectivity index is 0.000000180. The van der Waals surface area contributed by atoms with Crippen LogP contribution in [0, 0.1) is 11.8 Å². The number of primary amides is 1. The van der Waals surface area contributed by atoms with Gasteiger partial charge < -0.3 is 11.1 Å². The van der Waals surface area contributed by atoms with E-state index in [4.69, 9.17) is 5.73 Å². The number of likely N-dealkylation sites (tertiary alicyclic amines) is 1. The van der Waals surface area contributed by atoms with Crippen molar-refractivity contribution in [1.29, 1.82) is 0 Å². The number of nitrogens with zero attached hydrogens (tertiary/aromatic N) is 1. The molecule has 2 rings (SSSR count). The molecule has 18 heavy (non-hydrogen) atoms. The second-order valence-electron chi connectivity index (χ2n) is 4.82. The van der Waals surface area contributed by atoms with Gasteiger partial charge in [-0.05, 0) is 25.9 Å². The Bertz CT molecular complexity index is 337. The summed E-state index contributed by atoms with van der Waals surface area (Å²) in [5.41, 5.74) is 5.10. The predicted octanol–water partition coefficient (Wildman–Crippen LogP) is -0.517. The number of amides is 3. The highest BCUT2D eigenvalue weighted by molar-refractivity contribution is 6.02.